The molecule has 0 aliphatic rings. The summed E-state index contributed by atoms with van der Waals surface area (Å²) in [5, 5.41) is 2.69. The second-order valence-corrected chi connectivity index (χ2v) is 10.2. The van der Waals surface area contributed by atoms with E-state index in [1.165, 1.54) is 6.92 Å². The number of benzene rings is 1. The molecule has 2 aromatic rings. The number of hydrogen-bond acceptors (Lipinski definition) is 5. The maximum absolute atomic E-state index is 12.5. The van der Waals surface area contributed by atoms with E-state index in [1.807, 2.05) is 19.1 Å². The van der Waals surface area contributed by atoms with Crippen molar-refractivity contribution in [2.24, 2.45) is 0 Å². The Kier molecular flexibility index (Phi) is 6.13. The minimum absolute atomic E-state index is 0.0152. The molecular weight excluding hydrogens is 370 g/mol. The molecule has 0 radical (unpaired) electrons. The van der Waals surface area contributed by atoms with E-state index in [4.69, 9.17) is 4.18 Å². The van der Waals surface area contributed by atoms with Gasteiger partial charge in [0, 0.05) is 18.3 Å². The van der Waals surface area contributed by atoms with Crippen molar-refractivity contribution in [3.8, 4) is 5.75 Å². The van der Waals surface area contributed by atoms with E-state index < -0.39 is 10.1 Å². The third-order valence-electron chi connectivity index (χ3n) is 3.87. The fraction of sp³-hybridized carbons (Fsp3) is 0.421. The molecule has 0 bridgehead atoms. The van der Waals surface area contributed by atoms with Gasteiger partial charge in [-0.15, -0.1) is 11.3 Å². The summed E-state index contributed by atoms with van der Waals surface area (Å²) in [7, 11) is -3.87. The summed E-state index contributed by atoms with van der Waals surface area (Å²) in [6, 6.07) is 8.85. The summed E-state index contributed by atoms with van der Waals surface area (Å²) in [5.41, 5.74) is 1.89. The normalized spacial score (nSPS) is 12.0. The number of aryl methyl sites for hydroxylation is 1. The smallest absolute Gasteiger partial charge is 0.348 e. The number of carbonyl (C=O) groups is 1. The molecule has 2 rings (SSSR count). The lowest BCUT2D eigenvalue weighted by atomic mass is 9.86. The second-order valence-electron chi connectivity index (χ2n) is 7.22. The SMILES string of the molecule is CC(=O)NCCc1ccc(S(=O)(=O)Oc2ccc(C(C)(C)C)cc2C)s1. The maximum atomic E-state index is 12.5. The van der Waals surface area contributed by atoms with Crippen molar-refractivity contribution in [3.05, 3.63) is 46.3 Å². The van der Waals surface area contributed by atoms with Crippen LogP contribution in [0.25, 0.3) is 0 Å². The average Bonchev–Trinajstić information content (AvgIpc) is 2.97. The van der Waals surface area contributed by atoms with E-state index in [2.05, 4.69) is 26.1 Å². The summed E-state index contributed by atoms with van der Waals surface area (Å²) >= 11 is 1.16. The van der Waals surface area contributed by atoms with E-state index >= 15 is 0 Å². The van der Waals surface area contributed by atoms with Gasteiger partial charge < -0.3 is 9.50 Å². The van der Waals surface area contributed by atoms with Gasteiger partial charge in [0.2, 0.25) is 5.91 Å². The lowest BCUT2D eigenvalue weighted by Gasteiger charge is -2.20. The lowest BCUT2D eigenvalue weighted by molar-refractivity contribution is -0.118. The monoisotopic (exact) mass is 395 g/mol. The zero-order valence-electron chi connectivity index (χ0n) is 15.8. The summed E-state index contributed by atoms with van der Waals surface area (Å²) < 4.78 is 30.6. The first-order valence-corrected chi connectivity index (χ1v) is 10.6. The highest BCUT2D eigenvalue weighted by atomic mass is 32.3. The van der Waals surface area contributed by atoms with Crippen molar-refractivity contribution < 1.29 is 17.4 Å². The predicted molar refractivity (Wildman–Crippen MR) is 104 cm³/mol. The Labute approximate surface area is 159 Å². The Morgan fingerprint density at radius 3 is 2.46 bits per heavy atom. The molecule has 1 aromatic carbocycles. The number of rotatable bonds is 6. The largest absolute Gasteiger partial charge is 0.378 e. The zero-order valence-corrected chi connectivity index (χ0v) is 17.4. The Hall–Kier alpha value is -1.86. The van der Waals surface area contributed by atoms with Crippen LogP contribution in [0.5, 0.6) is 5.75 Å². The lowest BCUT2D eigenvalue weighted by Crippen LogP contribution is -2.22. The van der Waals surface area contributed by atoms with Gasteiger partial charge in [0.1, 0.15) is 5.75 Å². The van der Waals surface area contributed by atoms with Gasteiger partial charge in [-0.05, 0) is 48.1 Å². The van der Waals surface area contributed by atoms with Crippen LogP contribution in [0.3, 0.4) is 0 Å². The molecule has 0 unspecified atom stereocenters. The van der Waals surface area contributed by atoms with Gasteiger partial charge in [-0.2, -0.15) is 8.42 Å². The van der Waals surface area contributed by atoms with Gasteiger partial charge in [-0.1, -0.05) is 32.9 Å². The Morgan fingerprint density at radius 2 is 1.88 bits per heavy atom. The van der Waals surface area contributed by atoms with E-state index in [0.717, 1.165) is 27.3 Å². The third kappa shape index (κ3) is 5.32. The standard InChI is InChI=1S/C19H25NO4S2/c1-13-12-15(19(3,4)5)6-8-17(13)24-26(22,23)18-9-7-16(25-18)10-11-20-14(2)21/h6-9,12H,10-11H2,1-5H3,(H,20,21). The topological polar surface area (TPSA) is 72.5 Å². The first-order chi connectivity index (χ1) is 12.0. The van der Waals surface area contributed by atoms with Crippen molar-refractivity contribution in [1.82, 2.24) is 5.32 Å². The van der Waals surface area contributed by atoms with Crippen LogP contribution in [-0.4, -0.2) is 20.9 Å². The predicted octanol–water partition coefficient (Wildman–Crippen LogP) is 3.80. The minimum Gasteiger partial charge on any atom is -0.378 e. The average molecular weight is 396 g/mol. The van der Waals surface area contributed by atoms with Crippen LogP contribution in [0.15, 0.2) is 34.5 Å². The summed E-state index contributed by atoms with van der Waals surface area (Å²) in [6.45, 7) is 10.1. The molecule has 7 heteroatoms. The summed E-state index contributed by atoms with van der Waals surface area (Å²) in [5.74, 6) is 0.234. The number of amides is 1. The van der Waals surface area contributed by atoms with Gasteiger partial charge in [0.15, 0.2) is 4.21 Å². The Bertz CT molecular complexity index is 893. The second kappa shape index (κ2) is 7.80. The number of nitrogens with one attached hydrogen (secondary N) is 1. The van der Waals surface area contributed by atoms with Crippen LogP contribution in [0, 0.1) is 6.92 Å². The van der Waals surface area contributed by atoms with E-state index in [1.54, 1.807) is 18.2 Å². The quantitative estimate of drug-likeness (QED) is 0.755. The highest BCUT2D eigenvalue weighted by Gasteiger charge is 2.21. The highest BCUT2D eigenvalue weighted by Crippen LogP contribution is 2.30. The summed E-state index contributed by atoms with van der Waals surface area (Å²) in [6.07, 6.45) is 0.582. The molecule has 0 atom stereocenters. The van der Waals surface area contributed by atoms with Gasteiger partial charge in [0.05, 0.1) is 0 Å². The van der Waals surface area contributed by atoms with Crippen molar-refractivity contribution in [2.45, 2.75) is 50.7 Å². The number of hydrogen-bond donors (Lipinski definition) is 1. The molecule has 5 nitrogen and oxygen atoms in total. The van der Waals surface area contributed by atoms with Crippen molar-refractivity contribution >= 4 is 27.4 Å². The van der Waals surface area contributed by atoms with Crippen molar-refractivity contribution in [3.63, 3.8) is 0 Å². The van der Waals surface area contributed by atoms with Gasteiger partial charge in [-0.3, -0.25) is 4.79 Å². The molecular formula is C19H25NO4S2. The third-order valence-corrected chi connectivity index (χ3v) is 6.70. The molecule has 1 heterocycles. The van der Waals surface area contributed by atoms with Crippen LogP contribution < -0.4 is 9.50 Å². The molecule has 0 saturated carbocycles. The minimum atomic E-state index is -3.87. The summed E-state index contributed by atoms with van der Waals surface area (Å²) in [4.78, 5) is 11.8. The molecule has 0 aliphatic carbocycles. The highest BCUT2D eigenvalue weighted by molar-refractivity contribution is 7.89. The van der Waals surface area contributed by atoms with E-state index in [0.29, 0.717) is 18.7 Å². The van der Waals surface area contributed by atoms with Crippen LogP contribution in [0.4, 0.5) is 0 Å². The van der Waals surface area contributed by atoms with Crippen molar-refractivity contribution in [2.75, 3.05) is 6.54 Å². The number of carbonyl (C=O) groups excluding carboxylic acids is 1. The van der Waals surface area contributed by atoms with Crippen LogP contribution >= 0.6 is 11.3 Å². The van der Waals surface area contributed by atoms with Crippen LogP contribution in [0.1, 0.15) is 43.7 Å². The maximum Gasteiger partial charge on any atom is 0.348 e. The molecule has 0 aliphatic heterocycles. The van der Waals surface area contributed by atoms with Crippen molar-refractivity contribution in [1.29, 1.82) is 0 Å². The molecule has 0 saturated heterocycles. The van der Waals surface area contributed by atoms with E-state index in [-0.39, 0.29) is 15.5 Å². The zero-order chi connectivity index (χ0) is 19.5. The molecule has 0 spiro atoms. The Balaban J connectivity index is 2.14. The van der Waals surface area contributed by atoms with Gasteiger partial charge >= 0.3 is 10.1 Å². The number of thiophene rings is 1. The van der Waals surface area contributed by atoms with E-state index in [9.17, 15) is 13.2 Å². The first kappa shape index (κ1) is 20.5. The van der Waals surface area contributed by atoms with Crippen LogP contribution in [-0.2, 0) is 26.7 Å². The van der Waals surface area contributed by atoms with Crippen LogP contribution in [0.2, 0.25) is 0 Å². The van der Waals surface area contributed by atoms with Gasteiger partial charge in [-0.25, -0.2) is 0 Å². The Morgan fingerprint density at radius 1 is 1.19 bits per heavy atom. The molecule has 26 heavy (non-hydrogen) atoms. The first-order valence-electron chi connectivity index (χ1n) is 8.38. The van der Waals surface area contributed by atoms with Gasteiger partial charge in [0.25, 0.3) is 0 Å². The molecule has 1 N–H and O–H groups in total. The fourth-order valence-corrected chi connectivity index (χ4v) is 4.66. The molecule has 142 valence electrons. The molecule has 0 fully saturated rings. The molecule has 1 aromatic heterocycles. The fourth-order valence-electron chi connectivity index (χ4n) is 2.36. The molecule has 1 amide bonds.